The number of likely N-dealkylation sites (N-methyl/N-ethyl adjacent to an activating group) is 1. The van der Waals surface area contributed by atoms with Gasteiger partial charge < -0.3 is 15.5 Å². The summed E-state index contributed by atoms with van der Waals surface area (Å²) in [4.78, 5) is 28.5. The molecule has 2 N–H and O–H groups in total. The fourth-order valence-corrected chi connectivity index (χ4v) is 4.11. The number of piperazine rings is 1. The Morgan fingerprint density at radius 3 is 2.82 bits per heavy atom. The van der Waals surface area contributed by atoms with Crippen molar-refractivity contribution in [2.24, 2.45) is 0 Å². The summed E-state index contributed by atoms with van der Waals surface area (Å²) < 4.78 is 0. The Bertz CT molecular complexity index is 436. The molecule has 2 saturated heterocycles. The van der Waals surface area contributed by atoms with E-state index in [4.69, 9.17) is 0 Å². The molecule has 6 nitrogen and oxygen atoms in total. The Hall–Kier alpha value is -1.30. The highest BCUT2D eigenvalue weighted by atomic mass is 16.2. The van der Waals surface area contributed by atoms with E-state index >= 15 is 0 Å². The average molecular weight is 308 g/mol. The minimum Gasteiger partial charge on any atom is -0.356 e. The van der Waals surface area contributed by atoms with E-state index in [-0.39, 0.29) is 17.5 Å². The lowest BCUT2D eigenvalue weighted by atomic mass is 9.86. The molecule has 124 valence electrons. The summed E-state index contributed by atoms with van der Waals surface area (Å²) in [6.45, 7) is 3.10. The topological polar surface area (TPSA) is 64.7 Å². The van der Waals surface area contributed by atoms with Gasteiger partial charge in [-0.1, -0.05) is 12.8 Å². The first kappa shape index (κ1) is 15.6. The summed E-state index contributed by atoms with van der Waals surface area (Å²) in [5.74, 6) is 0.137. The largest absolute Gasteiger partial charge is 0.356 e. The van der Waals surface area contributed by atoms with Gasteiger partial charge in [-0.15, -0.1) is 0 Å². The maximum Gasteiger partial charge on any atom is 0.317 e. The fourth-order valence-electron chi connectivity index (χ4n) is 4.11. The maximum atomic E-state index is 12.6. The van der Waals surface area contributed by atoms with E-state index in [0.717, 1.165) is 45.3 Å². The molecule has 0 aromatic rings. The molecule has 0 radical (unpaired) electrons. The van der Waals surface area contributed by atoms with Crippen molar-refractivity contribution in [1.82, 2.24) is 20.4 Å². The summed E-state index contributed by atoms with van der Waals surface area (Å²) in [6, 6.07) is 0.448. The van der Waals surface area contributed by atoms with Crippen LogP contribution in [0.2, 0.25) is 0 Å². The highest BCUT2D eigenvalue weighted by molar-refractivity contribution is 5.77. The molecule has 1 saturated carbocycles. The summed E-state index contributed by atoms with van der Waals surface area (Å²) in [7, 11) is 2.13. The van der Waals surface area contributed by atoms with Gasteiger partial charge in [-0.2, -0.15) is 0 Å². The van der Waals surface area contributed by atoms with Gasteiger partial charge >= 0.3 is 6.03 Å². The second-order valence-electron chi connectivity index (χ2n) is 7.10. The van der Waals surface area contributed by atoms with Crippen LogP contribution in [0.4, 0.5) is 4.79 Å². The molecule has 3 aliphatic rings. The van der Waals surface area contributed by atoms with Crippen LogP contribution in [0.1, 0.15) is 44.9 Å². The van der Waals surface area contributed by atoms with Crippen molar-refractivity contribution in [3.05, 3.63) is 0 Å². The standard InChI is InChI=1S/C16H28N4O2/c1-19-10-11-20(15(22)18-13-4-2-3-5-13)12-16(19)7-6-14(21)17-9-8-16/h13H,2-12H2,1H3,(H,17,21)(H,18,22). The first-order valence-corrected chi connectivity index (χ1v) is 8.62. The van der Waals surface area contributed by atoms with Crippen LogP contribution in [-0.4, -0.2) is 66.5 Å². The molecule has 3 fully saturated rings. The second kappa shape index (κ2) is 6.44. The van der Waals surface area contributed by atoms with Crippen LogP contribution in [0.15, 0.2) is 0 Å². The number of urea groups is 1. The molecule has 1 atom stereocenters. The number of amides is 3. The number of carbonyl (C=O) groups is 2. The van der Waals surface area contributed by atoms with Gasteiger partial charge in [0.15, 0.2) is 0 Å². The normalized spacial score (nSPS) is 31.1. The van der Waals surface area contributed by atoms with Crippen LogP contribution < -0.4 is 10.6 Å². The fraction of sp³-hybridized carbons (Fsp3) is 0.875. The first-order chi connectivity index (χ1) is 10.6. The Morgan fingerprint density at radius 2 is 2.05 bits per heavy atom. The van der Waals surface area contributed by atoms with Crippen molar-refractivity contribution in [2.45, 2.75) is 56.5 Å². The number of hydrogen-bond acceptors (Lipinski definition) is 3. The van der Waals surface area contributed by atoms with Crippen molar-refractivity contribution in [2.75, 3.05) is 33.2 Å². The van der Waals surface area contributed by atoms with Crippen molar-refractivity contribution >= 4 is 11.9 Å². The lowest BCUT2D eigenvalue weighted by Gasteiger charge is -2.49. The molecule has 3 amide bonds. The Balaban J connectivity index is 1.64. The Kier molecular flexibility index (Phi) is 4.57. The van der Waals surface area contributed by atoms with Crippen molar-refractivity contribution in [3.63, 3.8) is 0 Å². The van der Waals surface area contributed by atoms with Crippen LogP contribution >= 0.6 is 0 Å². The zero-order chi connectivity index (χ0) is 15.6. The zero-order valence-corrected chi connectivity index (χ0v) is 13.6. The Morgan fingerprint density at radius 1 is 1.27 bits per heavy atom. The van der Waals surface area contributed by atoms with Crippen LogP contribution in [0, 0.1) is 0 Å². The summed E-state index contributed by atoms with van der Waals surface area (Å²) >= 11 is 0. The minimum absolute atomic E-state index is 0.0512. The van der Waals surface area contributed by atoms with E-state index in [0.29, 0.717) is 19.0 Å². The van der Waals surface area contributed by atoms with Crippen molar-refractivity contribution in [1.29, 1.82) is 0 Å². The molecule has 0 aromatic heterocycles. The van der Waals surface area contributed by atoms with Gasteiger partial charge in [-0.3, -0.25) is 9.69 Å². The van der Waals surface area contributed by atoms with Crippen LogP contribution in [0.25, 0.3) is 0 Å². The summed E-state index contributed by atoms with van der Waals surface area (Å²) in [6.07, 6.45) is 7.00. The summed E-state index contributed by atoms with van der Waals surface area (Å²) in [5, 5.41) is 6.15. The molecule has 0 bridgehead atoms. The third-order valence-electron chi connectivity index (χ3n) is 5.70. The molecule has 0 aromatic carbocycles. The highest BCUT2D eigenvalue weighted by Gasteiger charge is 2.42. The number of nitrogens with zero attached hydrogens (tertiary/aromatic N) is 2. The number of carbonyl (C=O) groups excluding carboxylic acids is 2. The molecular weight excluding hydrogens is 280 g/mol. The van der Waals surface area contributed by atoms with E-state index < -0.39 is 0 Å². The molecular formula is C16H28N4O2. The monoisotopic (exact) mass is 308 g/mol. The van der Waals surface area contributed by atoms with Gasteiger partial charge in [0.1, 0.15) is 0 Å². The molecule has 2 heterocycles. The van der Waals surface area contributed by atoms with Gasteiger partial charge in [0.25, 0.3) is 0 Å². The number of rotatable bonds is 1. The molecule has 6 heteroatoms. The van der Waals surface area contributed by atoms with E-state index in [1.807, 2.05) is 4.90 Å². The molecule has 3 rings (SSSR count). The van der Waals surface area contributed by atoms with Gasteiger partial charge in [0.05, 0.1) is 0 Å². The van der Waals surface area contributed by atoms with Gasteiger partial charge in [0.2, 0.25) is 5.91 Å². The number of hydrogen-bond donors (Lipinski definition) is 2. The molecule has 1 spiro atoms. The maximum absolute atomic E-state index is 12.6. The van der Waals surface area contributed by atoms with Gasteiger partial charge in [-0.25, -0.2) is 4.79 Å². The van der Waals surface area contributed by atoms with Crippen LogP contribution in [0.5, 0.6) is 0 Å². The van der Waals surface area contributed by atoms with E-state index in [1.165, 1.54) is 12.8 Å². The predicted octanol–water partition coefficient (Wildman–Crippen LogP) is 0.925. The van der Waals surface area contributed by atoms with Gasteiger partial charge in [-0.05, 0) is 32.7 Å². The number of nitrogens with one attached hydrogen (secondary N) is 2. The SMILES string of the molecule is CN1CCN(C(=O)NC2CCCC2)CC12CCNC(=O)CC2. The molecule has 1 aliphatic carbocycles. The first-order valence-electron chi connectivity index (χ1n) is 8.62. The van der Waals surface area contributed by atoms with Crippen LogP contribution in [-0.2, 0) is 4.79 Å². The lowest BCUT2D eigenvalue weighted by molar-refractivity contribution is -0.121. The van der Waals surface area contributed by atoms with Gasteiger partial charge in [0, 0.05) is 44.2 Å². The van der Waals surface area contributed by atoms with E-state index in [2.05, 4.69) is 22.6 Å². The predicted molar refractivity (Wildman–Crippen MR) is 84.6 cm³/mol. The minimum atomic E-state index is -0.0512. The molecule has 2 aliphatic heterocycles. The van der Waals surface area contributed by atoms with Crippen molar-refractivity contribution in [3.8, 4) is 0 Å². The van der Waals surface area contributed by atoms with Crippen LogP contribution in [0.3, 0.4) is 0 Å². The van der Waals surface area contributed by atoms with Crippen molar-refractivity contribution < 1.29 is 9.59 Å². The average Bonchev–Trinajstić information content (AvgIpc) is 2.93. The smallest absolute Gasteiger partial charge is 0.317 e. The van der Waals surface area contributed by atoms with E-state index in [9.17, 15) is 9.59 Å². The Labute approximate surface area is 132 Å². The summed E-state index contributed by atoms with van der Waals surface area (Å²) in [5.41, 5.74) is -0.0512. The zero-order valence-electron chi connectivity index (χ0n) is 13.6. The third-order valence-corrected chi connectivity index (χ3v) is 5.70. The highest BCUT2D eigenvalue weighted by Crippen LogP contribution is 2.30. The van der Waals surface area contributed by atoms with E-state index in [1.54, 1.807) is 0 Å². The second-order valence-corrected chi connectivity index (χ2v) is 7.10. The quantitative estimate of drug-likeness (QED) is 0.757. The molecule has 1 unspecified atom stereocenters. The lowest BCUT2D eigenvalue weighted by Crippen LogP contribution is -2.63. The third kappa shape index (κ3) is 3.21. The molecule has 22 heavy (non-hydrogen) atoms.